The molecule has 0 saturated heterocycles. The standard InChI is InChI=1S/C29H34N8O3/c30-26(39)19-9-18-12-29(13-18,14-19)24(10-17-5-7-22(38)8-6-17)27(40)33-21(16-32-28-34-36-37-35-28)11-20-15-31-25-4-2-1-3-23(20)25/h1-8,15,18-19,21,24,31,38H,9-14,16H2,(H2,30,39)(H,33,40)(H2,32,34,35,36,37)/t18?,19?,21-,24+,29?/m0/s1. The number of aromatic amines is 2. The van der Waals surface area contributed by atoms with Crippen molar-refractivity contribution in [2.75, 3.05) is 11.9 Å². The van der Waals surface area contributed by atoms with E-state index in [4.69, 9.17) is 5.73 Å². The first-order chi connectivity index (χ1) is 19.4. The van der Waals surface area contributed by atoms with Crippen LogP contribution in [0.5, 0.6) is 5.75 Å². The van der Waals surface area contributed by atoms with Gasteiger partial charge in [-0.3, -0.25) is 9.59 Å². The van der Waals surface area contributed by atoms with E-state index in [1.165, 1.54) is 0 Å². The molecule has 40 heavy (non-hydrogen) atoms. The van der Waals surface area contributed by atoms with Crippen LogP contribution in [0.4, 0.5) is 5.95 Å². The highest BCUT2D eigenvalue weighted by Gasteiger charge is 2.57. The summed E-state index contributed by atoms with van der Waals surface area (Å²) in [7, 11) is 0. The number of carbonyl (C=O) groups excluding carboxylic acids is 2. The van der Waals surface area contributed by atoms with Crippen LogP contribution in [0, 0.1) is 23.2 Å². The Kier molecular flexibility index (Phi) is 6.87. The monoisotopic (exact) mass is 542 g/mol. The molecule has 0 radical (unpaired) electrons. The first kappa shape index (κ1) is 25.8. The van der Waals surface area contributed by atoms with Crippen molar-refractivity contribution >= 4 is 28.7 Å². The van der Waals surface area contributed by atoms with Crippen molar-refractivity contribution in [3.63, 3.8) is 0 Å². The molecule has 2 aromatic carbocycles. The number of aromatic nitrogens is 5. The lowest BCUT2D eigenvalue weighted by Gasteiger charge is -2.58. The minimum absolute atomic E-state index is 0.0450. The Morgan fingerprint density at radius 3 is 2.65 bits per heavy atom. The Morgan fingerprint density at radius 2 is 1.90 bits per heavy atom. The summed E-state index contributed by atoms with van der Waals surface area (Å²) in [6.07, 6.45) is 6.36. The number of hydrogen-bond acceptors (Lipinski definition) is 7. The fraction of sp³-hybridized carbons (Fsp3) is 0.414. The number of nitrogens with one attached hydrogen (secondary N) is 4. The van der Waals surface area contributed by atoms with Gasteiger partial charge in [0, 0.05) is 35.5 Å². The lowest BCUT2D eigenvalue weighted by atomic mass is 9.46. The van der Waals surface area contributed by atoms with E-state index in [1.54, 1.807) is 12.1 Å². The third-order valence-electron chi connectivity index (χ3n) is 8.83. The number of carbonyl (C=O) groups is 2. The molecule has 2 bridgehead atoms. The molecule has 3 saturated carbocycles. The molecule has 4 aromatic rings. The first-order valence-corrected chi connectivity index (χ1v) is 13.8. The van der Waals surface area contributed by atoms with Crippen LogP contribution < -0.4 is 16.4 Å². The number of fused-ring (bicyclic) bond motifs is 3. The van der Waals surface area contributed by atoms with Gasteiger partial charge in [-0.15, -0.1) is 5.10 Å². The largest absolute Gasteiger partial charge is 0.508 e. The highest BCUT2D eigenvalue weighted by atomic mass is 16.3. The summed E-state index contributed by atoms with van der Waals surface area (Å²) in [6.45, 7) is 0.399. The molecule has 11 heteroatoms. The quantitative estimate of drug-likeness (QED) is 0.169. The summed E-state index contributed by atoms with van der Waals surface area (Å²) in [6, 6.07) is 14.8. The number of anilines is 1. The maximum atomic E-state index is 14.2. The Morgan fingerprint density at radius 1 is 1.10 bits per heavy atom. The van der Waals surface area contributed by atoms with E-state index in [0.29, 0.717) is 37.7 Å². The van der Waals surface area contributed by atoms with Gasteiger partial charge < -0.3 is 26.5 Å². The van der Waals surface area contributed by atoms with Crippen LogP contribution in [0.3, 0.4) is 0 Å². The molecular formula is C29H34N8O3. The van der Waals surface area contributed by atoms with Crippen molar-refractivity contribution in [3.8, 4) is 5.75 Å². The molecule has 0 spiro atoms. The average Bonchev–Trinajstić information content (AvgIpc) is 3.61. The number of primary amides is 1. The molecule has 2 heterocycles. The van der Waals surface area contributed by atoms with Crippen LogP contribution >= 0.6 is 0 Å². The Bertz CT molecular complexity index is 1480. The lowest BCUT2D eigenvalue weighted by molar-refractivity contribution is -0.149. The van der Waals surface area contributed by atoms with Crippen LogP contribution in [0.25, 0.3) is 10.9 Å². The van der Waals surface area contributed by atoms with Gasteiger partial charge >= 0.3 is 0 Å². The van der Waals surface area contributed by atoms with E-state index in [9.17, 15) is 14.7 Å². The Balaban J connectivity index is 1.27. The van der Waals surface area contributed by atoms with Crippen molar-refractivity contribution in [1.82, 2.24) is 30.9 Å². The van der Waals surface area contributed by atoms with Gasteiger partial charge in [0.2, 0.25) is 11.8 Å². The van der Waals surface area contributed by atoms with E-state index >= 15 is 0 Å². The highest BCUT2D eigenvalue weighted by molar-refractivity contribution is 5.84. The summed E-state index contributed by atoms with van der Waals surface area (Å²) in [5.41, 5.74) is 8.57. The smallest absolute Gasteiger partial charge is 0.263 e. The summed E-state index contributed by atoms with van der Waals surface area (Å²) >= 11 is 0. The van der Waals surface area contributed by atoms with Gasteiger partial charge in [0.05, 0.1) is 6.04 Å². The lowest BCUT2D eigenvalue weighted by Crippen LogP contribution is -2.57. The number of para-hydroxylation sites is 1. The third kappa shape index (κ3) is 5.23. The van der Waals surface area contributed by atoms with Crippen molar-refractivity contribution < 1.29 is 14.7 Å². The topological polar surface area (TPSA) is 175 Å². The minimum atomic E-state index is -0.342. The van der Waals surface area contributed by atoms with Crippen LogP contribution in [0.2, 0.25) is 0 Å². The molecule has 1 unspecified atom stereocenters. The molecule has 208 valence electrons. The molecule has 7 N–H and O–H groups in total. The number of rotatable bonds is 11. The van der Waals surface area contributed by atoms with Crippen molar-refractivity contribution in [3.05, 3.63) is 65.9 Å². The zero-order valence-corrected chi connectivity index (χ0v) is 22.1. The second-order valence-corrected chi connectivity index (χ2v) is 11.5. The second kappa shape index (κ2) is 10.6. The average molecular weight is 543 g/mol. The van der Waals surface area contributed by atoms with Crippen LogP contribution in [0.1, 0.15) is 36.8 Å². The molecule has 2 amide bonds. The van der Waals surface area contributed by atoms with Gasteiger partial charge in [0.15, 0.2) is 0 Å². The van der Waals surface area contributed by atoms with E-state index in [-0.39, 0.29) is 40.9 Å². The molecule has 0 aliphatic heterocycles. The zero-order valence-electron chi connectivity index (χ0n) is 22.1. The van der Waals surface area contributed by atoms with Crippen LogP contribution in [0.15, 0.2) is 54.7 Å². The van der Waals surface area contributed by atoms with Crippen molar-refractivity contribution in [1.29, 1.82) is 0 Å². The fourth-order valence-electron chi connectivity index (χ4n) is 6.99. The van der Waals surface area contributed by atoms with Crippen molar-refractivity contribution in [2.45, 2.75) is 44.6 Å². The summed E-state index contributed by atoms with van der Waals surface area (Å²) in [4.78, 5) is 29.7. The number of phenolic OH excluding ortho intramolecular Hbond substituents is 1. The first-order valence-electron chi connectivity index (χ1n) is 13.8. The van der Waals surface area contributed by atoms with E-state index in [1.807, 2.05) is 36.5 Å². The molecule has 2 aromatic heterocycles. The van der Waals surface area contributed by atoms with Gasteiger partial charge in [-0.25, -0.2) is 0 Å². The van der Waals surface area contributed by atoms with Gasteiger partial charge in [-0.1, -0.05) is 35.4 Å². The number of phenols is 1. The number of tetrazole rings is 1. The summed E-state index contributed by atoms with van der Waals surface area (Å²) in [5.74, 6) is 0.0923. The van der Waals surface area contributed by atoms with Gasteiger partial charge in [-0.05, 0) is 84.4 Å². The number of benzene rings is 2. The maximum absolute atomic E-state index is 14.2. The van der Waals surface area contributed by atoms with E-state index in [2.05, 4.69) is 42.3 Å². The number of nitrogens with zero attached hydrogens (tertiary/aromatic N) is 3. The second-order valence-electron chi connectivity index (χ2n) is 11.5. The molecule has 7 rings (SSSR count). The van der Waals surface area contributed by atoms with E-state index < -0.39 is 0 Å². The SMILES string of the molecule is NC(=O)C1CC2CC([C@H](Cc3ccc(O)cc3)C(=O)N[C@H](CNc3nn[nH]n3)Cc3c[nH]c4ccccc34)(C2)C1. The number of aromatic hydroxyl groups is 1. The van der Waals surface area contributed by atoms with Crippen LogP contribution in [-0.4, -0.2) is 55.1 Å². The van der Waals surface area contributed by atoms with Crippen LogP contribution in [-0.2, 0) is 22.4 Å². The Labute approximate surface area is 231 Å². The van der Waals surface area contributed by atoms with E-state index in [0.717, 1.165) is 41.3 Å². The number of amides is 2. The van der Waals surface area contributed by atoms with Gasteiger partial charge in [0.25, 0.3) is 5.95 Å². The predicted octanol–water partition coefficient (Wildman–Crippen LogP) is 2.68. The Hall–Kier alpha value is -4.41. The van der Waals surface area contributed by atoms with Gasteiger partial charge in [0.1, 0.15) is 5.75 Å². The number of H-pyrrole nitrogens is 2. The molecule has 3 aliphatic rings. The van der Waals surface area contributed by atoms with Crippen molar-refractivity contribution in [2.24, 2.45) is 28.9 Å². The predicted molar refractivity (Wildman–Crippen MR) is 149 cm³/mol. The molecule has 3 atom stereocenters. The zero-order chi connectivity index (χ0) is 27.7. The third-order valence-corrected chi connectivity index (χ3v) is 8.83. The molecule has 3 aliphatic carbocycles. The number of hydrogen-bond donors (Lipinski definition) is 6. The summed E-state index contributed by atoms with van der Waals surface area (Å²) in [5, 5.41) is 31.4. The number of nitrogens with two attached hydrogens (primary N) is 1. The molecular weight excluding hydrogens is 508 g/mol. The highest BCUT2D eigenvalue weighted by Crippen LogP contribution is 2.62. The fourth-order valence-corrected chi connectivity index (χ4v) is 6.99. The maximum Gasteiger partial charge on any atom is 0.263 e. The minimum Gasteiger partial charge on any atom is -0.508 e. The normalized spacial score (nSPS) is 23.2. The molecule has 3 fully saturated rings. The van der Waals surface area contributed by atoms with Gasteiger partial charge in [-0.2, -0.15) is 5.21 Å². The summed E-state index contributed by atoms with van der Waals surface area (Å²) < 4.78 is 0. The molecule has 11 nitrogen and oxygen atoms in total.